The van der Waals surface area contributed by atoms with Gasteiger partial charge in [0, 0.05) is 5.39 Å². The molecule has 0 fully saturated rings. The number of rotatable bonds is 1. The Bertz CT molecular complexity index is 550. The number of aromatic nitrogens is 1. The number of para-hydroxylation sites is 1. The van der Waals surface area contributed by atoms with Crippen molar-refractivity contribution in [1.82, 2.24) is 4.98 Å². The lowest BCUT2D eigenvalue weighted by Crippen LogP contribution is -1.93. The molecule has 2 nitrogen and oxygen atoms in total. The molecule has 0 aliphatic heterocycles. The fraction of sp³-hybridized carbons (Fsp3) is 0.231. The molecular weight excluding hydrogens is 184 g/mol. The minimum Gasteiger partial charge on any atom is -0.251 e. The van der Waals surface area contributed by atoms with Crippen molar-refractivity contribution in [3.05, 3.63) is 41.1 Å². The van der Waals surface area contributed by atoms with Crippen molar-refractivity contribution in [2.24, 2.45) is 0 Å². The maximum absolute atomic E-state index is 8.66. The van der Waals surface area contributed by atoms with Crippen LogP contribution in [-0.2, 0) is 6.42 Å². The quantitative estimate of drug-likeness (QED) is 0.703. The highest BCUT2D eigenvalue weighted by molar-refractivity contribution is 5.84. The van der Waals surface area contributed by atoms with Gasteiger partial charge in [-0.3, -0.25) is 4.98 Å². The van der Waals surface area contributed by atoms with Gasteiger partial charge >= 0.3 is 0 Å². The summed E-state index contributed by atoms with van der Waals surface area (Å²) in [7, 11) is 0. The van der Waals surface area contributed by atoms with Crippen LogP contribution in [0.1, 0.15) is 16.8 Å². The van der Waals surface area contributed by atoms with Gasteiger partial charge in [-0.1, -0.05) is 18.2 Å². The Hall–Kier alpha value is -1.88. The first kappa shape index (κ1) is 9.67. The first-order valence-corrected chi connectivity index (χ1v) is 4.95. The van der Waals surface area contributed by atoms with E-state index in [-0.39, 0.29) is 0 Å². The molecule has 0 radical (unpaired) electrons. The Kier molecular flexibility index (Phi) is 2.39. The topological polar surface area (TPSA) is 36.7 Å². The molecule has 0 unspecified atom stereocenters. The number of aryl methyl sites for hydroxylation is 2. The molecule has 0 saturated carbocycles. The van der Waals surface area contributed by atoms with Gasteiger partial charge in [0.25, 0.3) is 0 Å². The summed E-state index contributed by atoms with van der Waals surface area (Å²) in [6.07, 6.45) is 0.380. The second-order valence-corrected chi connectivity index (χ2v) is 3.74. The second kappa shape index (κ2) is 3.70. The van der Waals surface area contributed by atoms with Crippen molar-refractivity contribution >= 4 is 10.9 Å². The van der Waals surface area contributed by atoms with E-state index in [0.29, 0.717) is 6.42 Å². The molecule has 2 heteroatoms. The summed E-state index contributed by atoms with van der Waals surface area (Å²) < 4.78 is 0. The van der Waals surface area contributed by atoms with Gasteiger partial charge in [0.15, 0.2) is 0 Å². The molecule has 1 aromatic carbocycles. The molecule has 0 aliphatic rings. The average Bonchev–Trinajstić information content (AvgIpc) is 2.20. The van der Waals surface area contributed by atoms with Crippen LogP contribution in [0.25, 0.3) is 10.9 Å². The third-order valence-corrected chi connectivity index (χ3v) is 2.56. The van der Waals surface area contributed by atoms with Crippen LogP contribution < -0.4 is 0 Å². The molecule has 2 aromatic rings. The van der Waals surface area contributed by atoms with Crippen LogP contribution >= 0.6 is 0 Å². The number of nitrogens with zero attached hydrogens (tertiary/aromatic N) is 2. The largest absolute Gasteiger partial charge is 0.251 e. The van der Waals surface area contributed by atoms with E-state index in [1.807, 2.05) is 25.1 Å². The van der Waals surface area contributed by atoms with Crippen LogP contribution in [0.5, 0.6) is 0 Å². The highest BCUT2D eigenvalue weighted by Gasteiger charge is 2.04. The summed E-state index contributed by atoms with van der Waals surface area (Å²) in [6, 6.07) is 10.3. The predicted octanol–water partition coefficient (Wildman–Crippen LogP) is 2.92. The van der Waals surface area contributed by atoms with Crippen molar-refractivity contribution in [3.63, 3.8) is 0 Å². The molecular formula is C13H12N2. The number of pyridine rings is 1. The van der Waals surface area contributed by atoms with Crippen LogP contribution in [0.4, 0.5) is 0 Å². The Morgan fingerprint density at radius 1 is 1.27 bits per heavy atom. The number of hydrogen-bond acceptors (Lipinski definition) is 2. The summed E-state index contributed by atoms with van der Waals surface area (Å²) in [5.74, 6) is 0. The molecule has 1 heterocycles. The van der Waals surface area contributed by atoms with Gasteiger partial charge in [-0.15, -0.1) is 0 Å². The molecule has 0 saturated heterocycles. The summed E-state index contributed by atoms with van der Waals surface area (Å²) >= 11 is 0. The van der Waals surface area contributed by atoms with E-state index in [2.05, 4.69) is 24.0 Å². The molecule has 0 atom stereocenters. The lowest BCUT2D eigenvalue weighted by molar-refractivity contribution is 1.13. The normalized spacial score (nSPS) is 10.2. The lowest BCUT2D eigenvalue weighted by atomic mass is 10.1. The predicted molar refractivity (Wildman–Crippen MR) is 60.5 cm³/mol. The molecule has 0 bridgehead atoms. The summed E-state index contributed by atoms with van der Waals surface area (Å²) in [5.41, 5.74) is 4.23. The van der Waals surface area contributed by atoms with Gasteiger partial charge in [-0.25, -0.2) is 0 Å². The monoisotopic (exact) mass is 196 g/mol. The zero-order chi connectivity index (χ0) is 10.8. The molecule has 2 rings (SSSR count). The van der Waals surface area contributed by atoms with Gasteiger partial charge in [0.05, 0.1) is 23.7 Å². The smallest absolute Gasteiger partial charge is 0.0775 e. The van der Waals surface area contributed by atoms with Crippen LogP contribution in [0.3, 0.4) is 0 Å². The Morgan fingerprint density at radius 3 is 2.80 bits per heavy atom. The maximum Gasteiger partial charge on any atom is 0.0775 e. The van der Waals surface area contributed by atoms with E-state index in [1.54, 1.807) is 0 Å². The molecule has 15 heavy (non-hydrogen) atoms. The third kappa shape index (κ3) is 1.69. The van der Waals surface area contributed by atoms with Crippen LogP contribution in [0.2, 0.25) is 0 Å². The SMILES string of the molecule is Cc1cc(CC#N)nc2c(C)cccc12. The van der Waals surface area contributed by atoms with Gasteiger partial charge in [-0.05, 0) is 31.0 Å². The number of hydrogen-bond donors (Lipinski definition) is 0. The number of nitriles is 1. The zero-order valence-corrected chi connectivity index (χ0v) is 8.91. The highest BCUT2D eigenvalue weighted by Crippen LogP contribution is 2.20. The summed E-state index contributed by atoms with van der Waals surface area (Å²) in [5, 5.41) is 9.84. The zero-order valence-electron chi connectivity index (χ0n) is 8.91. The van der Waals surface area contributed by atoms with Crippen molar-refractivity contribution in [3.8, 4) is 6.07 Å². The van der Waals surface area contributed by atoms with Crippen molar-refractivity contribution < 1.29 is 0 Å². The Labute approximate surface area is 89.2 Å². The van der Waals surface area contributed by atoms with E-state index in [9.17, 15) is 0 Å². The van der Waals surface area contributed by atoms with E-state index in [1.165, 1.54) is 10.9 Å². The van der Waals surface area contributed by atoms with Crippen LogP contribution in [0, 0.1) is 25.2 Å². The minimum atomic E-state index is 0.380. The fourth-order valence-electron chi connectivity index (χ4n) is 1.80. The van der Waals surface area contributed by atoms with E-state index < -0.39 is 0 Å². The molecule has 0 spiro atoms. The first-order valence-electron chi connectivity index (χ1n) is 4.95. The van der Waals surface area contributed by atoms with Gasteiger partial charge in [-0.2, -0.15) is 5.26 Å². The Morgan fingerprint density at radius 2 is 2.07 bits per heavy atom. The van der Waals surface area contributed by atoms with Gasteiger partial charge < -0.3 is 0 Å². The van der Waals surface area contributed by atoms with Crippen LogP contribution in [-0.4, -0.2) is 4.98 Å². The highest BCUT2D eigenvalue weighted by atomic mass is 14.7. The van der Waals surface area contributed by atoms with E-state index >= 15 is 0 Å². The third-order valence-electron chi connectivity index (χ3n) is 2.56. The average molecular weight is 196 g/mol. The van der Waals surface area contributed by atoms with Crippen molar-refractivity contribution in [2.75, 3.05) is 0 Å². The van der Waals surface area contributed by atoms with Gasteiger partial charge in [0.2, 0.25) is 0 Å². The summed E-state index contributed by atoms with van der Waals surface area (Å²) in [4.78, 5) is 4.50. The number of benzene rings is 1. The minimum absolute atomic E-state index is 0.380. The Balaban J connectivity index is 2.75. The number of fused-ring (bicyclic) bond motifs is 1. The maximum atomic E-state index is 8.66. The van der Waals surface area contributed by atoms with E-state index in [4.69, 9.17) is 5.26 Å². The molecule has 0 aliphatic carbocycles. The summed E-state index contributed by atoms with van der Waals surface area (Å²) in [6.45, 7) is 4.11. The van der Waals surface area contributed by atoms with Crippen molar-refractivity contribution in [2.45, 2.75) is 20.3 Å². The standard InChI is InChI=1S/C13H12N2/c1-9-4-3-5-12-10(2)8-11(6-7-14)15-13(9)12/h3-5,8H,6H2,1-2H3. The first-order chi connectivity index (χ1) is 7.22. The molecule has 74 valence electrons. The molecule has 0 amide bonds. The van der Waals surface area contributed by atoms with Crippen molar-refractivity contribution in [1.29, 1.82) is 5.26 Å². The van der Waals surface area contributed by atoms with Gasteiger partial charge in [0.1, 0.15) is 0 Å². The van der Waals surface area contributed by atoms with Crippen LogP contribution in [0.15, 0.2) is 24.3 Å². The molecule has 1 aromatic heterocycles. The second-order valence-electron chi connectivity index (χ2n) is 3.74. The van der Waals surface area contributed by atoms with E-state index in [0.717, 1.165) is 16.8 Å². The molecule has 0 N–H and O–H groups in total. The fourth-order valence-corrected chi connectivity index (χ4v) is 1.80. The lowest BCUT2D eigenvalue weighted by Gasteiger charge is -2.06.